The van der Waals surface area contributed by atoms with E-state index in [0.717, 1.165) is 10.0 Å². The van der Waals surface area contributed by atoms with Gasteiger partial charge in [0, 0.05) is 23.2 Å². The fourth-order valence-electron chi connectivity index (χ4n) is 2.22. The summed E-state index contributed by atoms with van der Waals surface area (Å²) in [5.41, 5.74) is 0.640. The molecule has 2 amide bonds. The Labute approximate surface area is 139 Å². The predicted molar refractivity (Wildman–Crippen MR) is 88.7 cm³/mol. The van der Waals surface area contributed by atoms with Gasteiger partial charge in [-0.25, -0.2) is 0 Å². The van der Waals surface area contributed by atoms with Crippen LogP contribution in [-0.4, -0.2) is 43.0 Å². The van der Waals surface area contributed by atoms with Gasteiger partial charge in [0.25, 0.3) is 0 Å². The lowest BCUT2D eigenvalue weighted by Gasteiger charge is -2.33. The number of hydrogen-bond acceptors (Lipinski definition) is 3. The maximum absolute atomic E-state index is 12.6. The lowest BCUT2D eigenvalue weighted by atomic mass is 9.90. The summed E-state index contributed by atoms with van der Waals surface area (Å²) in [5.74, 6) is -0.473. The molecule has 1 aliphatic heterocycles. The smallest absolute Gasteiger partial charge is 0.239 e. The third kappa shape index (κ3) is 3.67. The highest BCUT2D eigenvalue weighted by Gasteiger charge is 2.39. The van der Waals surface area contributed by atoms with Gasteiger partial charge in [0.15, 0.2) is 0 Å². The van der Waals surface area contributed by atoms with Crippen molar-refractivity contribution in [1.82, 2.24) is 4.90 Å². The number of amides is 2. The van der Waals surface area contributed by atoms with Crippen LogP contribution in [0, 0.1) is 12.3 Å². The summed E-state index contributed by atoms with van der Waals surface area (Å²) in [5, 5.41) is 2.82. The van der Waals surface area contributed by atoms with Crippen molar-refractivity contribution in [2.75, 3.05) is 31.6 Å². The first-order chi connectivity index (χ1) is 10.3. The van der Waals surface area contributed by atoms with Crippen LogP contribution < -0.4 is 5.32 Å². The molecule has 120 valence electrons. The molecule has 1 aromatic carbocycles. The number of benzene rings is 1. The van der Waals surface area contributed by atoms with Gasteiger partial charge < -0.3 is 15.0 Å². The summed E-state index contributed by atoms with van der Waals surface area (Å²) in [6.07, 6.45) is 0. The summed E-state index contributed by atoms with van der Waals surface area (Å²) in [7, 11) is 0. The monoisotopic (exact) mass is 368 g/mol. The zero-order valence-corrected chi connectivity index (χ0v) is 14.7. The van der Waals surface area contributed by atoms with E-state index in [1.54, 1.807) is 18.7 Å². The molecule has 1 saturated heterocycles. The Morgan fingerprint density at radius 2 is 1.91 bits per heavy atom. The molecule has 1 fully saturated rings. The number of ether oxygens (including phenoxy) is 1. The van der Waals surface area contributed by atoms with Crippen LogP contribution in [0.5, 0.6) is 0 Å². The van der Waals surface area contributed by atoms with E-state index in [4.69, 9.17) is 4.74 Å². The van der Waals surface area contributed by atoms with Gasteiger partial charge in [-0.05, 0) is 38.5 Å². The van der Waals surface area contributed by atoms with Crippen LogP contribution in [0.15, 0.2) is 22.7 Å². The summed E-state index contributed by atoms with van der Waals surface area (Å²) in [6, 6.07) is 5.58. The quantitative estimate of drug-likeness (QED) is 0.834. The molecule has 22 heavy (non-hydrogen) atoms. The molecule has 1 N–H and O–H groups in total. The summed E-state index contributed by atoms with van der Waals surface area (Å²) < 4.78 is 6.16. The number of carbonyl (C=O) groups is 2. The molecule has 0 aromatic heterocycles. The molecule has 0 aliphatic carbocycles. The first-order valence-corrected chi connectivity index (χ1v) is 8.06. The van der Waals surface area contributed by atoms with Crippen LogP contribution in [0.1, 0.15) is 19.4 Å². The maximum Gasteiger partial charge on any atom is 0.239 e. The minimum Gasteiger partial charge on any atom is -0.378 e. The molecule has 1 aliphatic rings. The number of hydrogen-bond donors (Lipinski definition) is 1. The number of aryl methyl sites for hydroxylation is 1. The fraction of sp³-hybridized carbons (Fsp3) is 0.500. The topological polar surface area (TPSA) is 58.6 Å². The van der Waals surface area contributed by atoms with E-state index in [0.29, 0.717) is 32.0 Å². The minimum absolute atomic E-state index is 0.167. The van der Waals surface area contributed by atoms with E-state index in [1.807, 2.05) is 25.1 Å². The van der Waals surface area contributed by atoms with Crippen molar-refractivity contribution >= 4 is 33.4 Å². The van der Waals surface area contributed by atoms with Crippen LogP contribution in [0.4, 0.5) is 5.69 Å². The highest BCUT2D eigenvalue weighted by Crippen LogP contribution is 2.25. The fourth-order valence-corrected chi connectivity index (χ4v) is 2.60. The highest BCUT2D eigenvalue weighted by atomic mass is 79.9. The number of halogens is 1. The van der Waals surface area contributed by atoms with Crippen LogP contribution in [-0.2, 0) is 14.3 Å². The van der Waals surface area contributed by atoms with Crippen LogP contribution in [0.25, 0.3) is 0 Å². The third-order valence-electron chi connectivity index (χ3n) is 3.83. The average molecular weight is 369 g/mol. The second-order valence-electron chi connectivity index (χ2n) is 5.95. The van der Waals surface area contributed by atoms with Crippen molar-refractivity contribution in [1.29, 1.82) is 0 Å². The van der Waals surface area contributed by atoms with Gasteiger partial charge in [0.05, 0.1) is 13.2 Å². The number of carbonyl (C=O) groups excluding carboxylic acids is 2. The number of morpholine rings is 1. The van der Waals surface area contributed by atoms with Gasteiger partial charge in [0.1, 0.15) is 5.41 Å². The molecule has 0 bridgehead atoms. The third-order valence-corrected chi connectivity index (χ3v) is 4.68. The first-order valence-electron chi connectivity index (χ1n) is 7.27. The van der Waals surface area contributed by atoms with Crippen LogP contribution in [0.2, 0.25) is 0 Å². The van der Waals surface area contributed by atoms with Crippen molar-refractivity contribution in [3.63, 3.8) is 0 Å². The second-order valence-corrected chi connectivity index (χ2v) is 6.80. The lowest BCUT2D eigenvalue weighted by molar-refractivity contribution is -0.149. The summed E-state index contributed by atoms with van der Waals surface area (Å²) >= 11 is 3.44. The highest BCUT2D eigenvalue weighted by molar-refractivity contribution is 9.10. The van der Waals surface area contributed by atoms with E-state index < -0.39 is 5.41 Å². The van der Waals surface area contributed by atoms with E-state index in [9.17, 15) is 9.59 Å². The molecule has 2 rings (SSSR count). The van der Waals surface area contributed by atoms with Crippen molar-refractivity contribution in [3.8, 4) is 0 Å². The van der Waals surface area contributed by atoms with Crippen molar-refractivity contribution < 1.29 is 14.3 Å². The Morgan fingerprint density at radius 3 is 2.50 bits per heavy atom. The normalized spacial score (nSPS) is 15.5. The maximum atomic E-state index is 12.6. The number of nitrogens with one attached hydrogen (secondary N) is 1. The lowest BCUT2D eigenvalue weighted by Crippen LogP contribution is -2.51. The molecule has 1 heterocycles. The van der Waals surface area contributed by atoms with Gasteiger partial charge in [-0.3, -0.25) is 9.59 Å². The molecule has 0 saturated carbocycles. The minimum atomic E-state index is -1.12. The Balaban J connectivity index is 2.08. The summed E-state index contributed by atoms with van der Waals surface area (Å²) in [4.78, 5) is 26.8. The molecule has 0 unspecified atom stereocenters. The number of anilines is 1. The van der Waals surface area contributed by atoms with E-state index in [2.05, 4.69) is 21.2 Å². The van der Waals surface area contributed by atoms with Gasteiger partial charge in [-0.15, -0.1) is 0 Å². The van der Waals surface area contributed by atoms with Crippen molar-refractivity contribution in [3.05, 3.63) is 28.2 Å². The Morgan fingerprint density at radius 1 is 1.27 bits per heavy atom. The zero-order chi connectivity index (χ0) is 16.3. The SMILES string of the molecule is Cc1ccc(NC(=O)C(C)(C)C(=O)N2CCOCC2)cc1Br. The molecule has 6 heteroatoms. The molecule has 1 aromatic rings. The first kappa shape index (κ1) is 17.0. The van der Waals surface area contributed by atoms with Crippen LogP contribution >= 0.6 is 15.9 Å². The van der Waals surface area contributed by atoms with E-state index in [1.165, 1.54) is 0 Å². The molecule has 0 atom stereocenters. The molecular formula is C16H21BrN2O3. The number of nitrogens with zero attached hydrogens (tertiary/aromatic N) is 1. The van der Waals surface area contributed by atoms with Gasteiger partial charge in [0.2, 0.25) is 11.8 Å². The van der Waals surface area contributed by atoms with E-state index >= 15 is 0 Å². The van der Waals surface area contributed by atoms with Crippen molar-refractivity contribution in [2.24, 2.45) is 5.41 Å². The zero-order valence-electron chi connectivity index (χ0n) is 13.1. The van der Waals surface area contributed by atoms with E-state index in [-0.39, 0.29) is 11.8 Å². The standard InChI is InChI=1S/C16H21BrN2O3/c1-11-4-5-12(10-13(11)17)18-14(20)16(2,3)15(21)19-6-8-22-9-7-19/h4-5,10H,6-9H2,1-3H3,(H,18,20). The van der Waals surface area contributed by atoms with Gasteiger partial charge in [-0.2, -0.15) is 0 Å². The van der Waals surface area contributed by atoms with Gasteiger partial charge in [-0.1, -0.05) is 22.0 Å². The molecule has 0 radical (unpaired) electrons. The van der Waals surface area contributed by atoms with Crippen molar-refractivity contribution in [2.45, 2.75) is 20.8 Å². The summed E-state index contributed by atoms with van der Waals surface area (Å²) in [6.45, 7) is 7.40. The van der Waals surface area contributed by atoms with Gasteiger partial charge >= 0.3 is 0 Å². The Hall–Kier alpha value is -1.40. The second kappa shape index (κ2) is 6.79. The molecule has 0 spiro atoms. The Kier molecular flexibility index (Phi) is 5.24. The number of rotatable bonds is 3. The molecule has 5 nitrogen and oxygen atoms in total. The predicted octanol–water partition coefficient (Wildman–Crippen LogP) is 2.58. The van der Waals surface area contributed by atoms with Crippen LogP contribution in [0.3, 0.4) is 0 Å². The largest absolute Gasteiger partial charge is 0.378 e. The Bertz CT molecular complexity index is 581. The average Bonchev–Trinajstić information content (AvgIpc) is 2.51. The molecular weight excluding hydrogens is 348 g/mol.